The smallest absolute Gasteiger partial charge is 0.235 e. The zero-order valence-corrected chi connectivity index (χ0v) is 31.5. The van der Waals surface area contributed by atoms with Crippen LogP contribution in [0.2, 0.25) is 0 Å². The number of para-hydroxylation sites is 3. The van der Waals surface area contributed by atoms with Gasteiger partial charge in [-0.1, -0.05) is 152 Å². The Morgan fingerprint density at radius 3 is 1.91 bits per heavy atom. The van der Waals surface area contributed by atoms with Gasteiger partial charge in [-0.3, -0.25) is 4.57 Å². The van der Waals surface area contributed by atoms with Crippen molar-refractivity contribution >= 4 is 75.9 Å². The molecule has 0 saturated carbocycles. The van der Waals surface area contributed by atoms with Crippen molar-refractivity contribution < 1.29 is 0 Å². The van der Waals surface area contributed by atoms with E-state index < -0.39 is 0 Å². The fourth-order valence-electron chi connectivity index (χ4n) is 8.82. The molecule has 0 aliphatic heterocycles. The molecular weight excluding hydrogens is 713 g/mol. The van der Waals surface area contributed by atoms with Crippen LogP contribution < -0.4 is 0 Å². The summed E-state index contributed by atoms with van der Waals surface area (Å²) in [6.45, 7) is 0. The first-order chi connectivity index (χ1) is 28.3. The van der Waals surface area contributed by atoms with Gasteiger partial charge in [0.25, 0.3) is 0 Å². The van der Waals surface area contributed by atoms with Crippen LogP contribution in [0.15, 0.2) is 194 Å². The molecule has 0 N–H and O–H groups in total. The highest BCUT2D eigenvalue weighted by molar-refractivity contribution is 7.22. The summed E-state index contributed by atoms with van der Waals surface area (Å²) < 4.78 is 5.77. The molecule has 12 rings (SSSR count). The minimum atomic E-state index is 0.660. The largest absolute Gasteiger partial charge is 0.309 e. The quantitative estimate of drug-likeness (QED) is 0.176. The first-order valence-electron chi connectivity index (χ1n) is 19.3. The predicted molar refractivity (Wildman–Crippen MR) is 240 cm³/mol. The zero-order chi connectivity index (χ0) is 37.5. The van der Waals surface area contributed by atoms with Crippen LogP contribution in [-0.4, -0.2) is 19.1 Å². The average molecular weight is 745 g/mol. The van der Waals surface area contributed by atoms with Crippen LogP contribution in [0.4, 0.5) is 0 Å². The van der Waals surface area contributed by atoms with Crippen LogP contribution in [-0.2, 0) is 0 Å². The minimum absolute atomic E-state index is 0.660. The second kappa shape index (κ2) is 12.6. The molecule has 0 spiro atoms. The maximum atomic E-state index is 5.45. The van der Waals surface area contributed by atoms with E-state index in [4.69, 9.17) is 9.97 Å². The number of rotatable bonds is 5. The molecule has 0 bridgehead atoms. The molecule has 4 aromatic heterocycles. The molecule has 5 heteroatoms. The Balaban J connectivity index is 1.16. The van der Waals surface area contributed by atoms with Crippen LogP contribution in [0.3, 0.4) is 0 Å². The van der Waals surface area contributed by atoms with Gasteiger partial charge in [0.15, 0.2) is 0 Å². The maximum Gasteiger partial charge on any atom is 0.235 e. The van der Waals surface area contributed by atoms with Gasteiger partial charge in [0.05, 0.1) is 38.0 Å². The van der Waals surface area contributed by atoms with Crippen LogP contribution in [0, 0.1) is 0 Å². The summed E-state index contributed by atoms with van der Waals surface area (Å²) >= 11 is 1.75. The molecule has 8 aromatic carbocycles. The van der Waals surface area contributed by atoms with Gasteiger partial charge in [-0.25, -0.2) is 9.97 Å². The number of aromatic nitrogens is 4. The Labute approximate surface area is 332 Å². The molecule has 0 saturated heterocycles. The van der Waals surface area contributed by atoms with Crippen LogP contribution in [0.25, 0.3) is 109 Å². The molecular formula is C52H32N4S. The molecule has 0 radical (unpaired) electrons. The monoisotopic (exact) mass is 744 g/mol. The highest BCUT2D eigenvalue weighted by Gasteiger charge is 2.22. The summed E-state index contributed by atoms with van der Waals surface area (Å²) in [7, 11) is 0. The molecule has 0 aliphatic carbocycles. The third kappa shape index (κ3) is 4.93. The second-order valence-electron chi connectivity index (χ2n) is 14.6. The summed E-state index contributed by atoms with van der Waals surface area (Å²) in [6.07, 6.45) is 0. The van der Waals surface area contributed by atoms with Crippen LogP contribution >= 0.6 is 11.3 Å². The number of benzene rings is 8. The van der Waals surface area contributed by atoms with E-state index in [1.165, 1.54) is 59.4 Å². The van der Waals surface area contributed by atoms with Gasteiger partial charge in [0, 0.05) is 43.2 Å². The lowest BCUT2D eigenvalue weighted by Crippen LogP contribution is -2.02. The number of nitrogens with zero attached hydrogens (tertiary/aromatic N) is 4. The highest BCUT2D eigenvalue weighted by atomic mass is 32.1. The molecule has 0 aliphatic rings. The van der Waals surface area contributed by atoms with Crippen LogP contribution in [0.5, 0.6) is 0 Å². The first kappa shape index (κ1) is 32.0. The van der Waals surface area contributed by atoms with E-state index in [1.807, 2.05) is 0 Å². The van der Waals surface area contributed by atoms with Crippen molar-refractivity contribution in [1.82, 2.24) is 19.1 Å². The van der Waals surface area contributed by atoms with Crippen molar-refractivity contribution in [3.8, 4) is 44.5 Å². The minimum Gasteiger partial charge on any atom is -0.309 e. The lowest BCUT2D eigenvalue weighted by molar-refractivity contribution is 1.02. The number of hydrogen-bond acceptors (Lipinski definition) is 3. The van der Waals surface area contributed by atoms with E-state index in [1.54, 1.807) is 11.3 Å². The summed E-state index contributed by atoms with van der Waals surface area (Å²) in [5.74, 6) is 0.660. The topological polar surface area (TPSA) is 35.6 Å². The van der Waals surface area contributed by atoms with Gasteiger partial charge in [0.1, 0.15) is 0 Å². The van der Waals surface area contributed by atoms with E-state index in [9.17, 15) is 0 Å². The summed E-state index contributed by atoms with van der Waals surface area (Å²) in [4.78, 5) is 12.0. The highest BCUT2D eigenvalue weighted by Crippen LogP contribution is 2.43. The number of thiophene rings is 1. The van der Waals surface area contributed by atoms with Crippen molar-refractivity contribution in [2.24, 2.45) is 0 Å². The van der Waals surface area contributed by atoms with Gasteiger partial charge >= 0.3 is 0 Å². The average Bonchev–Trinajstić information content (AvgIpc) is 3.97. The Kier molecular flexibility index (Phi) is 7.06. The Morgan fingerprint density at radius 2 is 1.09 bits per heavy atom. The van der Waals surface area contributed by atoms with Crippen LogP contribution in [0.1, 0.15) is 0 Å². The molecule has 266 valence electrons. The second-order valence-corrected chi connectivity index (χ2v) is 15.6. The van der Waals surface area contributed by atoms with E-state index in [2.05, 4.69) is 203 Å². The summed E-state index contributed by atoms with van der Waals surface area (Å²) in [6, 6.07) is 69.6. The molecule has 0 fully saturated rings. The van der Waals surface area contributed by atoms with Crippen molar-refractivity contribution in [3.05, 3.63) is 194 Å². The molecule has 4 nitrogen and oxygen atoms in total. The third-order valence-electron chi connectivity index (χ3n) is 11.3. The summed E-state index contributed by atoms with van der Waals surface area (Å²) in [5, 5.41) is 7.25. The fourth-order valence-corrected chi connectivity index (χ4v) is 9.94. The fraction of sp³-hybridized carbons (Fsp3) is 0. The van der Waals surface area contributed by atoms with Crippen molar-refractivity contribution in [2.45, 2.75) is 0 Å². The Morgan fingerprint density at radius 1 is 0.421 bits per heavy atom. The Bertz CT molecular complexity index is 3510. The van der Waals surface area contributed by atoms with E-state index in [0.717, 1.165) is 43.8 Å². The Hall–Kier alpha value is -7.34. The van der Waals surface area contributed by atoms with Crippen molar-refractivity contribution in [1.29, 1.82) is 0 Å². The molecule has 4 heterocycles. The zero-order valence-electron chi connectivity index (χ0n) is 30.7. The van der Waals surface area contributed by atoms with Gasteiger partial charge < -0.3 is 4.57 Å². The lowest BCUT2D eigenvalue weighted by Gasteiger charge is -2.12. The van der Waals surface area contributed by atoms with E-state index in [0.29, 0.717) is 5.95 Å². The maximum absolute atomic E-state index is 5.45. The number of hydrogen-bond donors (Lipinski definition) is 0. The summed E-state index contributed by atoms with van der Waals surface area (Å²) in [5.41, 5.74) is 12.2. The van der Waals surface area contributed by atoms with Gasteiger partial charge in [-0.05, 0) is 64.4 Å². The molecule has 0 amide bonds. The van der Waals surface area contributed by atoms with Gasteiger partial charge in [-0.2, -0.15) is 0 Å². The molecule has 57 heavy (non-hydrogen) atoms. The van der Waals surface area contributed by atoms with E-state index >= 15 is 0 Å². The van der Waals surface area contributed by atoms with Crippen molar-refractivity contribution in [3.63, 3.8) is 0 Å². The third-order valence-corrected chi connectivity index (χ3v) is 12.5. The normalized spacial score (nSPS) is 11.9. The SMILES string of the molecule is c1ccc(-c2cc3nc(-n4c5ccc(-c6cccc7c8ccccc8n(-c8ccccc8)c67)cc5c5c6ccccc6ccc54)nc(-c4ccccc4)c3s2)cc1. The standard InChI is InChI=1S/C52H32N4S/c1-4-16-34(17-5-1)47-32-43-51(57-47)49(35-18-6-2-7-19-35)54-52(53-43)56-45-29-28-36(31-42(45)48-38-22-11-10-15-33(38)27-30-46(48)56)39-24-14-25-41-40-23-12-13-26-44(40)55(50(39)41)37-20-8-3-9-21-37/h1-32H. The lowest BCUT2D eigenvalue weighted by atomic mass is 9.98. The predicted octanol–water partition coefficient (Wildman–Crippen LogP) is 14.0. The van der Waals surface area contributed by atoms with E-state index in [-0.39, 0.29) is 0 Å². The van der Waals surface area contributed by atoms with Gasteiger partial charge in [-0.15, -0.1) is 11.3 Å². The molecule has 0 atom stereocenters. The number of fused-ring (bicyclic) bond motifs is 9. The van der Waals surface area contributed by atoms with Crippen molar-refractivity contribution in [2.75, 3.05) is 0 Å². The first-order valence-corrected chi connectivity index (χ1v) is 20.1. The van der Waals surface area contributed by atoms with Gasteiger partial charge in [0.2, 0.25) is 5.95 Å². The molecule has 12 aromatic rings. The molecule has 0 unspecified atom stereocenters.